The summed E-state index contributed by atoms with van der Waals surface area (Å²) >= 11 is 0. The summed E-state index contributed by atoms with van der Waals surface area (Å²) in [5, 5.41) is 8.99. The van der Waals surface area contributed by atoms with Gasteiger partial charge in [-0.2, -0.15) is 17.0 Å². The van der Waals surface area contributed by atoms with E-state index in [9.17, 15) is 13.2 Å². The van der Waals surface area contributed by atoms with Gasteiger partial charge in [-0.1, -0.05) is 6.42 Å². The Bertz CT molecular complexity index is 419. The van der Waals surface area contributed by atoms with Crippen LogP contribution in [0.25, 0.3) is 0 Å². The first-order valence-corrected chi connectivity index (χ1v) is 7.78. The van der Waals surface area contributed by atoms with Crippen molar-refractivity contribution >= 4 is 16.2 Å². The minimum atomic E-state index is -3.49. The summed E-state index contributed by atoms with van der Waals surface area (Å²) in [4.78, 5) is 11.0. The van der Waals surface area contributed by atoms with Crippen molar-refractivity contribution in [3.8, 4) is 0 Å². The van der Waals surface area contributed by atoms with Gasteiger partial charge in [0.25, 0.3) is 10.2 Å². The van der Waals surface area contributed by atoms with Crippen molar-refractivity contribution in [2.45, 2.75) is 38.1 Å². The van der Waals surface area contributed by atoms with Crippen LogP contribution in [0.5, 0.6) is 0 Å². The minimum absolute atomic E-state index is 0.0974. The van der Waals surface area contributed by atoms with Crippen LogP contribution in [0.15, 0.2) is 0 Å². The lowest BCUT2D eigenvalue weighted by molar-refractivity contribution is -0.142. The fourth-order valence-corrected chi connectivity index (χ4v) is 4.15. The van der Waals surface area contributed by atoms with Gasteiger partial charge >= 0.3 is 5.97 Å². The number of piperidine rings is 1. The molecule has 1 heterocycles. The highest BCUT2D eigenvalue weighted by molar-refractivity contribution is 7.86. The highest BCUT2D eigenvalue weighted by Gasteiger charge is 2.38. The zero-order valence-corrected chi connectivity index (χ0v) is 11.4. The zero-order chi connectivity index (χ0) is 13.3. The van der Waals surface area contributed by atoms with Gasteiger partial charge in [0.15, 0.2) is 0 Å². The third-order valence-corrected chi connectivity index (χ3v) is 6.02. The molecule has 0 aromatic heterocycles. The van der Waals surface area contributed by atoms with Crippen molar-refractivity contribution in [1.82, 2.24) is 8.61 Å². The van der Waals surface area contributed by atoms with E-state index >= 15 is 0 Å². The van der Waals surface area contributed by atoms with Crippen LogP contribution in [0.3, 0.4) is 0 Å². The van der Waals surface area contributed by atoms with E-state index in [1.807, 2.05) is 0 Å². The topological polar surface area (TPSA) is 77.9 Å². The fraction of sp³-hybridized carbons (Fsp3) is 0.909. The molecule has 1 N–H and O–H groups in total. The van der Waals surface area contributed by atoms with E-state index in [-0.39, 0.29) is 12.6 Å². The van der Waals surface area contributed by atoms with Crippen LogP contribution in [0.1, 0.15) is 32.1 Å². The van der Waals surface area contributed by atoms with Crippen molar-refractivity contribution in [3.05, 3.63) is 0 Å². The molecule has 0 aromatic rings. The summed E-state index contributed by atoms with van der Waals surface area (Å²) in [6.07, 6.45) is 4.07. The van der Waals surface area contributed by atoms with Crippen molar-refractivity contribution < 1.29 is 18.3 Å². The van der Waals surface area contributed by atoms with Crippen molar-refractivity contribution in [1.29, 1.82) is 0 Å². The normalized spacial score (nSPS) is 27.1. The predicted octanol–water partition coefficient (Wildman–Crippen LogP) is 0.512. The van der Waals surface area contributed by atoms with E-state index in [4.69, 9.17) is 5.11 Å². The second kappa shape index (κ2) is 5.14. The lowest BCUT2D eigenvalue weighted by Crippen LogP contribution is -2.52. The number of carboxylic acids is 1. The molecule has 6 nitrogen and oxygen atoms in total. The molecule has 1 atom stereocenters. The summed E-state index contributed by atoms with van der Waals surface area (Å²) in [5.74, 6) is -1.47. The van der Waals surface area contributed by atoms with Gasteiger partial charge in [0.1, 0.15) is 0 Å². The summed E-state index contributed by atoms with van der Waals surface area (Å²) in [6, 6.07) is 0.0974. The second-order valence-electron chi connectivity index (χ2n) is 5.14. The first kappa shape index (κ1) is 13.8. The Morgan fingerprint density at radius 1 is 1.28 bits per heavy atom. The number of hydrogen-bond acceptors (Lipinski definition) is 3. The SMILES string of the molecule is CN(C1CCC1)S(=O)(=O)N1CCCC(C(=O)O)C1. The quantitative estimate of drug-likeness (QED) is 0.811. The molecule has 1 saturated heterocycles. The van der Waals surface area contributed by atoms with Gasteiger partial charge in [0, 0.05) is 26.2 Å². The van der Waals surface area contributed by atoms with Crippen LogP contribution in [-0.2, 0) is 15.0 Å². The first-order valence-electron chi connectivity index (χ1n) is 6.39. The Morgan fingerprint density at radius 3 is 2.44 bits per heavy atom. The molecule has 2 fully saturated rings. The van der Waals surface area contributed by atoms with Gasteiger partial charge in [0.2, 0.25) is 0 Å². The predicted molar refractivity (Wildman–Crippen MR) is 66.3 cm³/mol. The molecule has 1 unspecified atom stereocenters. The van der Waals surface area contributed by atoms with Gasteiger partial charge in [-0.15, -0.1) is 0 Å². The zero-order valence-electron chi connectivity index (χ0n) is 10.6. The number of carbonyl (C=O) groups is 1. The minimum Gasteiger partial charge on any atom is -0.481 e. The lowest BCUT2D eigenvalue weighted by atomic mass is 9.94. The molecule has 7 heteroatoms. The Morgan fingerprint density at radius 2 is 1.94 bits per heavy atom. The van der Waals surface area contributed by atoms with Crippen molar-refractivity contribution in [2.75, 3.05) is 20.1 Å². The molecule has 1 aliphatic heterocycles. The summed E-state index contributed by atoms with van der Waals surface area (Å²) in [7, 11) is -1.88. The smallest absolute Gasteiger partial charge is 0.307 e. The molecule has 0 spiro atoms. The van der Waals surface area contributed by atoms with Crippen LogP contribution < -0.4 is 0 Å². The maximum absolute atomic E-state index is 12.3. The third-order valence-electron chi connectivity index (χ3n) is 4.01. The van der Waals surface area contributed by atoms with E-state index in [2.05, 4.69) is 0 Å². The average Bonchev–Trinajstić information content (AvgIpc) is 2.26. The highest BCUT2D eigenvalue weighted by atomic mass is 32.2. The molecule has 1 aliphatic carbocycles. The Balaban J connectivity index is 2.06. The number of nitrogens with zero attached hydrogens (tertiary/aromatic N) is 2. The maximum Gasteiger partial charge on any atom is 0.307 e. The maximum atomic E-state index is 12.3. The monoisotopic (exact) mass is 276 g/mol. The number of carboxylic acid groups (broad SMARTS) is 1. The molecule has 1 saturated carbocycles. The van der Waals surface area contributed by atoms with Gasteiger partial charge in [0.05, 0.1) is 5.92 Å². The van der Waals surface area contributed by atoms with Crippen LogP contribution in [0.4, 0.5) is 0 Å². The molecule has 18 heavy (non-hydrogen) atoms. The molecule has 2 aliphatic rings. The van der Waals surface area contributed by atoms with Gasteiger partial charge in [-0.25, -0.2) is 0 Å². The largest absolute Gasteiger partial charge is 0.481 e. The van der Waals surface area contributed by atoms with Crippen LogP contribution in [-0.4, -0.2) is 54.3 Å². The number of aliphatic carboxylic acids is 1. The average molecular weight is 276 g/mol. The first-order chi connectivity index (χ1) is 8.43. The van der Waals surface area contributed by atoms with E-state index < -0.39 is 22.1 Å². The third kappa shape index (κ3) is 2.53. The Hall–Kier alpha value is -0.660. The number of hydrogen-bond donors (Lipinski definition) is 1. The van der Waals surface area contributed by atoms with E-state index in [1.165, 1.54) is 8.61 Å². The van der Waals surface area contributed by atoms with Crippen LogP contribution in [0.2, 0.25) is 0 Å². The molecule has 0 amide bonds. The second-order valence-corrected chi connectivity index (χ2v) is 7.13. The van der Waals surface area contributed by atoms with E-state index in [1.54, 1.807) is 7.05 Å². The van der Waals surface area contributed by atoms with E-state index in [0.717, 1.165) is 19.3 Å². The van der Waals surface area contributed by atoms with Crippen LogP contribution in [0, 0.1) is 5.92 Å². The van der Waals surface area contributed by atoms with Gasteiger partial charge < -0.3 is 5.11 Å². The number of rotatable bonds is 4. The Kier molecular flexibility index (Phi) is 3.93. The van der Waals surface area contributed by atoms with Crippen LogP contribution >= 0.6 is 0 Å². The van der Waals surface area contributed by atoms with E-state index in [0.29, 0.717) is 19.4 Å². The highest BCUT2D eigenvalue weighted by Crippen LogP contribution is 2.28. The van der Waals surface area contributed by atoms with Crippen molar-refractivity contribution in [3.63, 3.8) is 0 Å². The summed E-state index contributed by atoms with van der Waals surface area (Å²) in [5.41, 5.74) is 0. The molecular formula is C11H20N2O4S. The molecule has 2 rings (SSSR count). The summed E-state index contributed by atoms with van der Waals surface area (Å²) < 4.78 is 27.4. The molecule has 0 aromatic carbocycles. The van der Waals surface area contributed by atoms with Gasteiger partial charge in [-0.3, -0.25) is 4.79 Å². The molecular weight excluding hydrogens is 256 g/mol. The molecule has 0 bridgehead atoms. The Labute approximate surface area is 108 Å². The summed E-state index contributed by atoms with van der Waals surface area (Å²) in [6.45, 7) is 0.540. The van der Waals surface area contributed by atoms with Gasteiger partial charge in [-0.05, 0) is 25.7 Å². The molecule has 0 radical (unpaired) electrons. The lowest BCUT2D eigenvalue weighted by Gasteiger charge is -2.39. The van der Waals surface area contributed by atoms with Crippen molar-refractivity contribution in [2.24, 2.45) is 5.92 Å². The standard InChI is InChI=1S/C11H20N2O4S/c1-12(10-5-2-6-10)18(16,17)13-7-3-4-9(8-13)11(14)15/h9-10H,2-8H2,1H3,(H,14,15). The fourth-order valence-electron chi connectivity index (χ4n) is 2.47. The molecule has 104 valence electrons.